The Balaban J connectivity index is 1.53. The van der Waals surface area contributed by atoms with Crippen LogP contribution in [0.25, 0.3) is 21.9 Å². The molecule has 0 saturated heterocycles. The van der Waals surface area contributed by atoms with Crippen LogP contribution in [0.3, 0.4) is 0 Å². The summed E-state index contributed by atoms with van der Waals surface area (Å²) in [6.45, 7) is 1.77. The zero-order valence-corrected chi connectivity index (χ0v) is 14.1. The minimum Gasteiger partial charge on any atom is -0.456 e. The van der Waals surface area contributed by atoms with Crippen molar-refractivity contribution in [2.45, 2.75) is 13.0 Å². The van der Waals surface area contributed by atoms with Gasteiger partial charge in [0.2, 0.25) is 5.91 Å². The zero-order valence-electron chi connectivity index (χ0n) is 14.1. The van der Waals surface area contributed by atoms with E-state index in [2.05, 4.69) is 10.6 Å². The average molecular weight is 348 g/mol. The van der Waals surface area contributed by atoms with Crippen LogP contribution in [0.15, 0.2) is 71.1 Å². The summed E-state index contributed by atoms with van der Waals surface area (Å²) in [5, 5.41) is 7.99. The van der Waals surface area contributed by atoms with Crippen LogP contribution in [0.5, 0.6) is 0 Å². The SMILES string of the molecule is CC(Nc1ccc2oc3ccccc3c2c1)C(=O)Nc1ccc(F)cc1. The maximum Gasteiger partial charge on any atom is 0.246 e. The Morgan fingerprint density at radius 2 is 1.62 bits per heavy atom. The molecule has 4 aromatic rings. The van der Waals surface area contributed by atoms with E-state index in [0.29, 0.717) is 5.69 Å². The molecule has 1 aromatic heterocycles. The lowest BCUT2D eigenvalue weighted by atomic mass is 10.1. The highest BCUT2D eigenvalue weighted by Crippen LogP contribution is 2.30. The van der Waals surface area contributed by atoms with Crippen LogP contribution in [0.4, 0.5) is 15.8 Å². The Morgan fingerprint density at radius 3 is 2.42 bits per heavy atom. The van der Waals surface area contributed by atoms with Gasteiger partial charge in [-0.25, -0.2) is 4.39 Å². The summed E-state index contributed by atoms with van der Waals surface area (Å²) < 4.78 is 18.8. The summed E-state index contributed by atoms with van der Waals surface area (Å²) >= 11 is 0. The van der Waals surface area contributed by atoms with Gasteiger partial charge in [0.25, 0.3) is 0 Å². The molecule has 26 heavy (non-hydrogen) atoms. The van der Waals surface area contributed by atoms with Crippen molar-refractivity contribution in [1.82, 2.24) is 0 Å². The summed E-state index contributed by atoms with van der Waals surface area (Å²) in [5.41, 5.74) is 3.02. The lowest BCUT2D eigenvalue weighted by molar-refractivity contribution is -0.116. The molecule has 5 heteroatoms. The Labute approximate surface area is 149 Å². The molecule has 1 atom stereocenters. The monoisotopic (exact) mass is 348 g/mol. The fourth-order valence-electron chi connectivity index (χ4n) is 2.92. The number of furan rings is 1. The standard InChI is InChI=1S/C21H17FN2O2/c1-13(21(25)24-15-8-6-14(22)7-9-15)23-16-10-11-20-18(12-16)17-4-2-3-5-19(17)26-20/h2-13,23H,1H3,(H,24,25). The molecule has 0 radical (unpaired) electrons. The van der Waals surface area contributed by atoms with Crippen LogP contribution in [0, 0.1) is 5.82 Å². The normalized spacial score (nSPS) is 12.2. The maximum atomic E-state index is 12.9. The number of hydrogen-bond donors (Lipinski definition) is 2. The van der Waals surface area contributed by atoms with Gasteiger partial charge in [0.15, 0.2) is 0 Å². The van der Waals surface area contributed by atoms with Crippen molar-refractivity contribution in [2.24, 2.45) is 0 Å². The Kier molecular flexibility index (Phi) is 4.05. The molecular weight excluding hydrogens is 331 g/mol. The second kappa shape index (κ2) is 6.52. The van der Waals surface area contributed by atoms with Crippen LogP contribution >= 0.6 is 0 Å². The van der Waals surface area contributed by atoms with Gasteiger partial charge >= 0.3 is 0 Å². The van der Waals surface area contributed by atoms with E-state index in [1.807, 2.05) is 42.5 Å². The largest absolute Gasteiger partial charge is 0.456 e. The van der Waals surface area contributed by atoms with E-state index >= 15 is 0 Å². The number of halogens is 1. The van der Waals surface area contributed by atoms with Gasteiger partial charge in [0.05, 0.1) is 0 Å². The number of carbonyl (C=O) groups excluding carboxylic acids is 1. The fraction of sp³-hybridized carbons (Fsp3) is 0.0952. The molecule has 0 aliphatic rings. The predicted octanol–water partition coefficient (Wildman–Crippen LogP) is 5.16. The number of hydrogen-bond acceptors (Lipinski definition) is 3. The van der Waals surface area contributed by atoms with E-state index in [4.69, 9.17) is 4.42 Å². The van der Waals surface area contributed by atoms with Crippen molar-refractivity contribution in [3.05, 3.63) is 72.5 Å². The van der Waals surface area contributed by atoms with Crippen LogP contribution in [-0.4, -0.2) is 11.9 Å². The van der Waals surface area contributed by atoms with Crippen molar-refractivity contribution in [2.75, 3.05) is 10.6 Å². The van der Waals surface area contributed by atoms with E-state index < -0.39 is 6.04 Å². The van der Waals surface area contributed by atoms with Crippen molar-refractivity contribution in [1.29, 1.82) is 0 Å². The van der Waals surface area contributed by atoms with Gasteiger partial charge in [-0.05, 0) is 55.5 Å². The summed E-state index contributed by atoms with van der Waals surface area (Å²) in [4.78, 5) is 12.3. The smallest absolute Gasteiger partial charge is 0.246 e. The highest BCUT2D eigenvalue weighted by Gasteiger charge is 2.14. The number of anilines is 2. The highest BCUT2D eigenvalue weighted by atomic mass is 19.1. The van der Waals surface area contributed by atoms with Gasteiger partial charge in [-0.15, -0.1) is 0 Å². The molecule has 130 valence electrons. The van der Waals surface area contributed by atoms with Crippen molar-refractivity contribution >= 4 is 39.2 Å². The predicted molar refractivity (Wildman–Crippen MR) is 102 cm³/mol. The number of carbonyl (C=O) groups is 1. The third-order valence-corrected chi connectivity index (χ3v) is 4.26. The third kappa shape index (κ3) is 3.11. The first-order valence-corrected chi connectivity index (χ1v) is 8.34. The number of rotatable bonds is 4. The van der Waals surface area contributed by atoms with Gasteiger partial charge in [-0.1, -0.05) is 18.2 Å². The maximum absolute atomic E-state index is 12.9. The summed E-state index contributed by atoms with van der Waals surface area (Å²) in [6, 6.07) is 18.8. The molecule has 0 aliphatic heterocycles. The van der Waals surface area contributed by atoms with E-state index in [0.717, 1.165) is 27.6 Å². The molecule has 0 bridgehead atoms. The van der Waals surface area contributed by atoms with Crippen molar-refractivity contribution in [3.63, 3.8) is 0 Å². The molecule has 4 nitrogen and oxygen atoms in total. The van der Waals surface area contributed by atoms with Crippen molar-refractivity contribution < 1.29 is 13.6 Å². The number of benzene rings is 3. The van der Waals surface area contributed by atoms with E-state index in [-0.39, 0.29) is 11.7 Å². The highest BCUT2D eigenvalue weighted by molar-refractivity contribution is 6.06. The first-order chi connectivity index (χ1) is 12.6. The van der Waals surface area contributed by atoms with E-state index in [1.165, 1.54) is 24.3 Å². The van der Waals surface area contributed by atoms with Gasteiger partial charge in [0, 0.05) is 22.1 Å². The molecule has 1 unspecified atom stereocenters. The zero-order chi connectivity index (χ0) is 18.1. The minimum atomic E-state index is -0.462. The van der Waals surface area contributed by atoms with Gasteiger partial charge in [-0.3, -0.25) is 4.79 Å². The minimum absolute atomic E-state index is 0.200. The van der Waals surface area contributed by atoms with Crippen LogP contribution in [-0.2, 0) is 4.79 Å². The fourth-order valence-corrected chi connectivity index (χ4v) is 2.92. The number of para-hydroxylation sites is 1. The molecule has 0 spiro atoms. The molecule has 1 heterocycles. The molecule has 1 amide bonds. The van der Waals surface area contributed by atoms with E-state index in [9.17, 15) is 9.18 Å². The Bertz CT molecular complexity index is 1090. The molecule has 4 rings (SSSR count). The lowest BCUT2D eigenvalue weighted by Crippen LogP contribution is -2.31. The average Bonchev–Trinajstić information content (AvgIpc) is 3.01. The van der Waals surface area contributed by atoms with Crippen LogP contribution < -0.4 is 10.6 Å². The Hall–Kier alpha value is -3.34. The van der Waals surface area contributed by atoms with Gasteiger partial charge in [-0.2, -0.15) is 0 Å². The number of amides is 1. The van der Waals surface area contributed by atoms with Gasteiger partial charge < -0.3 is 15.1 Å². The molecular formula is C21H17FN2O2. The second-order valence-corrected chi connectivity index (χ2v) is 6.17. The van der Waals surface area contributed by atoms with Gasteiger partial charge in [0.1, 0.15) is 23.0 Å². The Morgan fingerprint density at radius 1 is 0.923 bits per heavy atom. The third-order valence-electron chi connectivity index (χ3n) is 4.26. The van der Waals surface area contributed by atoms with Crippen molar-refractivity contribution in [3.8, 4) is 0 Å². The second-order valence-electron chi connectivity index (χ2n) is 6.17. The molecule has 0 fully saturated rings. The van der Waals surface area contributed by atoms with Crippen LogP contribution in [0.1, 0.15) is 6.92 Å². The number of nitrogens with one attached hydrogen (secondary N) is 2. The summed E-state index contributed by atoms with van der Waals surface area (Å²) in [6.07, 6.45) is 0. The molecule has 0 saturated carbocycles. The first kappa shape index (κ1) is 16.1. The summed E-state index contributed by atoms with van der Waals surface area (Å²) in [5.74, 6) is -0.538. The molecule has 0 aliphatic carbocycles. The quantitative estimate of drug-likeness (QED) is 0.535. The number of fused-ring (bicyclic) bond motifs is 3. The first-order valence-electron chi connectivity index (χ1n) is 8.34. The lowest BCUT2D eigenvalue weighted by Gasteiger charge is -2.15. The molecule has 3 aromatic carbocycles. The van der Waals surface area contributed by atoms with Crippen LogP contribution in [0.2, 0.25) is 0 Å². The summed E-state index contributed by atoms with van der Waals surface area (Å²) in [7, 11) is 0. The topological polar surface area (TPSA) is 54.3 Å². The molecule has 2 N–H and O–H groups in total. The van der Waals surface area contributed by atoms with E-state index in [1.54, 1.807) is 6.92 Å².